The minimum Gasteiger partial charge on any atom is -0.372 e. The lowest BCUT2D eigenvalue weighted by molar-refractivity contribution is 0.115. The number of nitrogens with one attached hydrogen (secondary N) is 2. The van der Waals surface area contributed by atoms with E-state index >= 15 is 0 Å². The van der Waals surface area contributed by atoms with Crippen LogP contribution in [0.25, 0.3) is 0 Å². The zero-order chi connectivity index (χ0) is 42.1. The summed E-state index contributed by atoms with van der Waals surface area (Å²) in [6.07, 6.45) is 42.5. The predicted octanol–water partition coefficient (Wildman–Crippen LogP) is 14.5. The topological polar surface area (TPSA) is 24.1 Å². The van der Waals surface area contributed by atoms with Crippen molar-refractivity contribution in [1.29, 1.82) is 0 Å². The van der Waals surface area contributed by atoms with E-state index in [1.165, 1.54) is 61.1 Å². The molecule has 4 heterocycles. The van der Waals surface area contributed by atoms with Crippen LogP contribution in [0.5, 0.6) is 0 Å². The van der Waals surface area contributed by atoms with Gasteiger partial charge in [0.1, 0.15) is 0 Å². The largest absolute Gasteiger partial charge is 0.372 e. The summed E-state index contributed by atoms with van der Waals surface area (Å²) in [6.45, 7) is 19.7. The molecule has 1 saturated carbocycles. The molecule has 16 atom stereocenters. The molecule has 10 rings (SSSR count). The van der Waals surface area contributed by atoms with Crippen molar-refractivity contribution in [3.8, 4) is 0 Å². The fourth-order valence-electron chi connectivity index (χ4n) is 13.5. The Morgan fingerprint density at radius 1 is 0.836 bits per heavy atom. The van der Waals surface area contributed by atoms with Gasteiger partial charge in [-0.3, -0.25) is 5.32 Å². The monoisotopic (exact) mass is 888 g/mol. The highest BCUT2D eigenvalue weighted by Crippen LogP contribution is 2.61. The highest BCUT2D eigenvalue weighted by Gasteiger charge is 2.53. The van der Waals surface area contributed by atoms with Gasteiger partial charge in [0.15, 0.2) is 0 Å². The first-order valence-electron chi connectivity index (χ1n) is 24.3. The van der Waals surface area contributed by atoms with Crippen molar-refractivity contribution < 1.29 is 0 Å². The molecule has 2 nitrogen and oxygen atoms in total. The average molecular weight is 889 g/mol. The van der Waals surface area contributed by atoms with E-state index in [9.17, 15) is 0 Å². The van der Waals surface area contributed by atoms with Crippen LogP contribution in [0.2, 0.25) is 0 Å². The first kappa shape index (κ1) is 43.2. The molecule has 6 aliphatic carbocycles. The maximum absolute atomic E-state index is 4.07. The molecule has 0 amide bonds. The zero-order valence-corrected chi connectivity index (χ0v) is 41.4. The lowest BCUT2D eigenvalue weighted by atomic mass is 9.60. The van der Waals surface area contributed by atoms with E-state index in [2.05, 4.69) is 180 Å². The Balaban J connectivity index is 0.923. The normalized spacial score (nSPS) is 43.3. The van der Waals surface area contributed by atoms with Crippen LogP contribution in [0.3, 0.4) is 0 Å². The lowest BCUT2D eigenvalue weighted by Gasteiger charge is -2.45. The molecule has 10 aliphatic rings. The van der Waals surface area contributed by atoms with Gasteiger partial charge in [-0.15, -0.1) is 47.0 Å². The number of hydrogen-bond acceptors (Lipinski definition) is 6. The van der Waals surface area contributed by atoms with Crippen molar-refractivity contribution >= 4 is 47.0 Å². The third kappa shape index (κ3) is 8.29. The van der Waals surface area contributed by atoms with Crippen LogP contribution in [0.4, 0.5) is 0 Å². The summed E-state index contributed by atoms with van der Waals surface area (Å²) in [5, 5.41) is 11.5. The minimum atomic E-state index is 0.420. The number of thioether (sulfide) groups is 4. The van der Waals surface area contributed by atoms with Gasteiger partial charge in [0, 0.05) is 49.5 Å². The van der Waals surface area contributed by atoms with E-state index in [1.807, 2.05) is 11.8 Å². The molecule has 0 bridgehead atoms. The Morgan fingerprint density at radius 3 is 2.48 bits per heavy atom. The van der Waals surface area contributed by atoms with Crippen LogP contribution in [0.15, 0.2) is 128 Å². The second kappa shape index (κ2) is 17.9. The van der Waals surface area contributed by atoms with E-state index in [4.69, 9.17) is 0 Å². The summed E-state index contributed by atoms with van der Waals surface area (Å²) >= 11 is 8.81. The van der Waals surface area contributed by atoms with Crippen molar-refractivity contribution in [3.05, 3.63) is 128 Å². The third-order valence-electron chi connectivity index (χ3n) is 16.3. The number of allylic oxidation sites excluding steroid dienone is 17. The van der Waals surface area contributed by atoms with Gasteiger partial charge in [-0.1, -0.05) is 123 Å². The molecular formula is C55H72N2S4. The van der Waals surface area contributed by atoms with Crippen molar-refractivity contribution in [1.82, 2.24) is 10.6 Å². The average Bonchev–Trinajstić information content (AvgIpc) is 4.05. The Labute approximate surface area is 386 Å². The summed E-state index contributed by atoms with van der Waals surface area (Å²) in [5.41, 5.74) is 11.2. The van der Waals surface area contributed by atoms with Crippen LogP contribution >= 0.6 is 47.0 Å². The molecule has 0 aromatic rings. The third-order valence-corrected chi connectivity index (χ3v) is 23.1. The fraction of sp³-hybridized carbons (Fsp3) is 0.600. The molecule has 326 valence electrons. The molecule has 4 aliphatic heterocycles. The maximum Gasteiger partial charge on any atom is 0.0738 e. The van der Waals surface area contributed by atoms with E-state index in [-0.39, 0.29) is 0 Å². The van der Waals surface area contributed by atoms with Gasteiger partial charge in [0.25, 0.3) is 0 Å². The molecule has 2 N–H and O–H groups in total. The standard InChI is InChI=1S/C55H72N2S4/c1-30(2)50-44(26-31(3)48-54(58-35(7)56-48)37-17-11-9-12-18-37)45-27-39(23-32(4)51(45)60-50)42-21-15-16-22-43(42)40-24-33(5)52-46(28-40)47-29-41(25-34(6)53(47)61-52)49-55(59-36(8)57-49)38-19-13-10-14-20-38/h9-13,15-17,19,25-27,29-30,32-33,35-37,40,42-44,46-47,49-50,52-53,55-57H,14,18,20-24,28H2,1-8H3/b31-26+/t32?,33?,35?,36?,37?,40?,42?,43?,44?,46-,47?,49?,50-,52?,53?,55?/m1/s1. The second-order valence-electron chi connectivity index (χ2n) is 20.9. The van der Waals surface area contributed by atoms with Crippen LogP contribution in [0, 0.1) is 59.2 Å². The van der Waals surface area contributed by atoms with E-state index < -0.39 is 0 Å². The number of hydrogen-bond donors (Lipinski definition) is 2. The molecule has 61 heavy (non-hydrogen) atoms. The molecule has 0 spiro atoms. The van der Waals surface area contributed by atoms with Crippen LogP contribution < -0.4 is 10.6 Å². The van der Waals surface area contributed by atoms with Crippen LogP contribution in [0.1, 0.15) is 107 Å². The first-order chi connectivity index (χ1) is 29.5. The molecule has 0 radical (unpaired) electrons. The van der Waals surface area contributed by atoms with Crippen molar-refractivity contribution in [3.63, 3.8) is 0 Å². The Morgan fingerprint density at radius 2 is 1.69 bits per heavy atom. The summed E-state index contributed by atoms with van der Waals surface area (Å²) in [7, 11) is 0. The molecular weight excluding hydrogens is 817 g/mol. The Kier molecular flexibility index (Phi) is 12.7. The highest BCUT2D eigenvalue weighted by molar-refractivity contribution is 8.04. The molecule has 6 heteroatoms. The van der Waals surface area contributed by atoms with Gasteiger partial charge in [0.05, 0.1) is 10.7 Å². The van der Waals surface area contributed by atoms with Crippen LogP contribution in [-0.2, 0) is 0 Å². The zero-order valence-electron chi connectivity index (χ0n) is 38.1. The summed E-state index contributed by atoms with van der Waals surface area (Å²) in [6, 6.07) is 0.426. The molecule has 0 aromatic heterocycles. The quantitative estimate of drug-likeness (QED) is 0.236. The van der Waals surface area contributed by atoms with Gasteiger partial charge in [0.2, 0.25) is 0 Å². The summed E-state index contributed by atoms with van der Waals surface area (Å²) < 4.78 is 0. The van der Waals surface area contributed by atoms with Gasteiger partial charge in [-0.25, -0.2) is 0 Å². The van der Waals surface area contributed by atoms with Crippen molar-refractivity contribution in [2.24, 2.45) is 59.2 Å². The van der Waals surface area contributed by atoms with Gasteiger partial charge >= 0.3 is 0 Å². The van der Waals surface area contributed by atoms with E-state index in [0.29, 0.717) is 68.0 Å². The minimum absolute atomic E-state index is 0.420. The Hall–Kier alpha value is -1.70. The summed E-state index contributed by atoms with van der Waals surface area (Å²) in [4.78, 5) is 3.24. The SMILES string of the molecule is CC1=CC(C2NC(C)SC2C2=CC=CCC2)=CC2C1SC1C(C)CC(C3CC=CCC3C3=CC4=C(S[C@H](C(C)C)C4/C=C(\C)C4=C(C5C=CC=CC5)SC(C)N4)C(C)C3)C[C@H]21. The van der Waals surface area contributed by atoms with Crippen molar-refractivity contribution in [2.75, 3.05) is 0 Å². The van der Waals surface area contributed by atoms with Crippen molar-refractivity contribution in [2.45, 2.75) is 145 Å². The highest BCUT2D eigenvalue weighted by atomic mass is 32.2. The maximum atomic E-state index is 4.07. The van der Waals surface area contributed by atoms with E-state index in [0.717, 1.165) is 35.3 Å². The fourth-order valence-corrected chi connectivity index (χ4v) is 19.8. The Bertz CT molecular complexity index is 2090. The van der Waals surface area contributed by atoms with E-state index in [1.54, 1.807) is 32.8 Å². The van der Waals surface area contributed by atoms with Gasteiger partial charge in [-0.2, -0.15) is 0 Å². The van der Waals surface area contributed by atoms with Gasteiger partial charge in [-0.05, 0) is 148 Å². The number of fused-ring (bicyclic) bond motifs is 3. The molecule has 2 saturated heterocycles. The predicted molar refractivity (Wildman–Crippen MR) is 271 cm³/mol. The summed E-state index contributed by atoms with van der Waals surface area (Å²) in [5.74, 6) is 6.62. The second-order valence-corrected chi connectivity index (χ2v) is 26.3. The first-order valence-corrected chi connectivity index (χ1v) is 27.9. The van der Waals surface area contributed by atoms with Gasteiger partial charge < -0.3 is 5.32 Å². The molecule has 0 aromatic carbocycles. The molecule has 3 fully saturated rings. The molecule has 14 unspecified atom stereocenters. The van der Waals surface area contributed by atoms with Crippen LogP contribution in [-0.4, -0.2) is 37.8 Å². The lowest BCUT2D eigenvalue weighted by Crippen LogP contribution is -2.40. The smallest absolute Gasteiger partial charge is 0.0738 e. The number of rotatable bonds is 8.